The van der Waals surface area contributed by atoms with Crippen LogP contribution in [-0.4, -0.2) is 201 Å². The monoisotopic (exact) mass is 1220 g/mol. The molecule has 3 fully saturated rings. The van der Waals surface area contributed by atoms with E-state index in [0.29, 0.717) is 23.5 Å². The molecule has 1 aromatic heterocycles. The molecule has 13 N–H and O–H groups in total. The van der Waals surface area contributed by atoms with Crippen LogP contribution >= 0.6 is 12.3 Å². The molecule has 0 bridgehead atoms. The van der Waals surface area contributed by atoms with Gasteiger partial charge in [0.2, 0.25) is 41.3 Å². The minimum atomic E-state index is -2.16. The van der Waals surface area contributed by atoms with E-state index in [4.69, 9.17) is 18.7 Å². The Morgan fingerprint density at radius 2 is 1.52 bits per heavy atom. The summed E-state index contributed by atoms with van der Waals surface area (Å²) in [4.78, 5) is 107. The van der Waals surface area contributed by atoms with Gasteiger partial charge in [-0.3, -0.25) is 33.6 Å². The molecule has 3 aromatic carbocycles. The first kappa shape index (κ1) is 65.5. The Labute approximate surface area is 496 Å². The van der Waals surface area contributed by atoms with Crippen molar-refractivity contribution < 1.29 is 97.4 Å². The molecular weight excluding hydrogens is 1150 g/mol. The number of carbonyl (C=O) groups excluding carboxylic acids is 7. The number of β-amino-alcohol motifs (C(OH)–C–C–N with tert-alkyl or cyclic N) is 1. The highest BCUT2D eigenvalue weighted by atomic mass is 32.2. The number of nitrogens with zero attached hydrogens (tertiary/aromatic N) is 5. The van der Waals surface area contributed by atoms with Gasteiger partial charge < -0.3 is 85.6 Å². The molecule has 7 amide bonds. The first-order chi connectivity index (χ1) is 41.1. The molecule has 31 heteroatoms. The first-order valence-electron chi connectivity index (χ1n) is 27.5. The number of amides is 7. The number of phenolic OH excluding ortho intramolecular Hbond substituents is 1. The summed E-state index contributed by atoms with van der Waals surface area (Å²) < 4.78 is 20.6. The second-order valence-electron chi connectivity index (χ2n) is 21.0. The lowest BCUT2D eigenvalue weighted by atomic mass is 9.98. The Bertz CT molecular complexity index is 3060. The number of aliphatic hydroxyl groups is 6. The molecule has 3 aliphatic heterocycles. The summed E-state index contributed by atoms with van der Waals surface area (Å²) in [6.45, 7) is 3.60. The maximum absolute atomic E-state index is 14.6. The molecular formula is C55H68N10O20S. The number of aromatic hydroxyl groups is 1. The molecule has 7 rings (SSSR count). The van der Waals surface area contributed by atoms with Crippen LogP contribution in [0.1, 0.15) is 75.2 Å². The highest BCUT2D eigenvalue weighted by Crippen LogP contribution is 2.32. The molecule has 0 aliphatic carbocycles. The average Bonchev–Trinajstić information content (AvgIpc) is 3.14. The van der Waals surface area contributed by atoms with Crippen LogP contribution in [0.5, 0.6) is 17.2 Å². The van der Waals surface area contributed by atoms with E-state index in [1.807, 2.05) is 0 Å². The van der Waals surface area contributed by atoms with E-state index in [9.17, 15) is 74.6 Å². The zero-order valence-electron chi connectivity index (χ0n) is 46.8. The molecule has 86 heavy (non-hydrogen) atoms. The lowest BCUT2D eigenvalue weighted by Crippen LogP contribution is -2.64. The molecule has 30 nitrogen and oxygen atoms in total. The summed E-state index contributed by atoms with van der Waals surface area (Å²) in [5.74, 6) is -8.72. The number of fused-ring (bicyclic) bond motifs is 2. The second-order valence-corrected chi connectivity index (χ2v) is 21.5. The molecule has 4 aromatic rings. The number of benzene rings is 3. The van der Waals surface area contributed by atoms with Crippen LogP contribution in [0.3, 0.4) is 0 Å². The Morgan fingerprint density at radius 1 is 0.837 bits per heavy atom. The third kappa shape index (κ3) is 16.5. The molecule has 4 heterocycles. The third-order valence-electron chi connectivity index (χ3n) is 14.6. The van der Waals surface area contributed by atoms with Crippen LogP contribution in [0, 0.1) is 17.2 Å². The molecule has 464 valence electrons. The molecule has 3 saturated heterocycles. The maximum Gasteiger partial charge on any atom is 0.261 e. The predicted octanol–water partition coefficient (Wildman–Crippen LogP) is -1.10. The number of ether oxygens (including phenoxy) is 1. The normalized spacial score (nSPS) is 25.5. The Balaban J connectivity index is 1.18. The minimum Gasteiger partial charge on any atom is -0.504 e. The zero-order chi connectivity index (χ0) is 62.4. The Kier molecular flexibility index (Phi) is 23.1. The van der Waals surface area contributed by atoms with Crippen molar-refractivity contribution in [2.45, 2.75) is 139 Å². The molecule has 0 spiro atoms. The highest BCUT2D eigenvalue weighted by molar-refractivity contribution is 7.90. The number of rotatable bonds is 19. The lowest BCUT2D eigenvalue weighted by Gasteiger charge is -2.33. The van der Waals surface area contributed by atoms with E-state index >= 15 is 0 Å². The van der Waals surface area contributed by atoms with Crippen LogP contribution in [0.2, 0.25) is 0 Å². The van der Waals surface area contributed by atoms with E-state index in [1.165, 1.54) is 37.3 Å². The fourth-order valence-electron chi connectivity index (χ4n) is 10.0. The summed E-state index contributed by atoms with van der Waals surface area (Å²) in [6.07, 6.45) is -10.2. The largest absolute Gasteiger partial charge is 0.504 e. The summed E-state index contributed by atoms with van der Waals surface area (Å²) in [5.41, 5.74) is 1.11. The van der Waals surface area contributed by atoms with Crippen molar-refractivity contribution in [3.8, 4) is 46.2 Å². The molecule has 0 radical (unpaired) electrons. The number of nitriles is 1. The Morgan fingerprint density at radius 3 is 2.21 bits per heavy atom. The Hall–Kier alpha value is -8.03. The van der Waals surface area contributed by atoms with Crippen molar-refractivity contribution in [1.82, 2.24) is 46.5 Å². The number of aliphatic hydroxyl groups excluding tert-OH is 6. The van der Waals surface area contributed by atoms with Crippen molar-refractivity contribution in [1.29, 1.82) is 5.26 Å². The van der Waals surface area contributed by atoms with Gasteiger partial charge in [-0.15, -0.1) is 0 Å². The number of aromatic nitrogens is 2. The van der Waals surface area contributed by atoms with Crippen LogP contribution in [0.25, 0.3) is 22.8 Å². The van der Waals surface area contributed by atoms with E-state index in [0.717, 1.165) is 48.1 Å². The van der Waals surface area contributed by atoms with E-state index in [2.05, 4.69) is 53.0 Å². The zero-order valence-corrected chi connectivity index (χ0v) is 47.6. The summed E-state index contributed by atoms with van der Waals surface area (Å²) in [6, 6.07) is 6.55. The smallest absolute Gasteiger partial charge is 0.261 e. The van der Waals surface area contributed by atoms with Gasteiger partial charge in [0.05, 0.1) is 55.7 Å². The van der Waals surface area contributed by atoms with Crippen LogP contribution in [0.4, 0.5) is 0 Å². The van der Waals surface area contributed by atoms with Gasteiger partial charge in [0.15, 0.2) is 11.5 Å². The quantitative estimate of drug-likeness (QED) is 0.0229. The van der Waals surface area contributed by atoms with Crippen molar-refractivity contribution in [3.05, 3.63) is 77.9 Å². The van der Waals surface area contributed by atoms with E-state index in [-0.39, 0.29) is 47.5 Å². The highest BCUT2D eigenvalue weighted by Gasteiger charge is 2.50. The van der Waals surface area contributed by atoms with Gasteiger partial charge in [-0.1, -0.05) is 59.4 Å². The first-order valence-corrected chi connectivity index (χ1v) is 28.2. The second kappa shape index (κ2) is 30.4. The topological polar surface area (TPSA) is 448 Å². The summed E-state index contributed by atoms with van der Waals surface area (Å²) in [7, 11) is 0. The maximum atomic E-state index is 14.6. The van der Waals surface area contributed by atoms with Crippen molar-refractivity contribution in [3.63, 3.8) is 0 Å². The minimum absolute atomic E-state index is 0.0301. The van der Waals surface area contributed by atoms with Gasteiger partial charge in [-0.05, 0) is 67.4 Å². The van der Waals surface area contributed by atoms with Gasteiger partial charge in [0, 0.05) is 61.5 Å². The van der Waals surface area contributed by atoms with E-state index in [1.54, 1.807) is 30.3 Å². The van der Waals surface area contributed by atoms with Crippen LogP contribution in [0.15, 0.2) is 71.3 Å². The number of hydrogen-bond donors (Lipinski definition) is 13. The van der Waals surface area contributed by atoms with Crippen molar-refractivity contribution in [2.24, 2.45) is 5.92 Å². The van der Waals surface area contributed by atoms with Crippen LogP contribution < -0.4 is 35.5 Å². The van der Waals surface area contributed by atoms with Gasteiger partial charge in [-0.2, -0.15) is 10.2 Å². The SMILES string of the molecule is CCCCCOc1ccc(-c2nc(-c3ccc(C(=O)N[C@H]4C[C@H](O)CNC(=O)C5[C@@H](O)C(C)CN5C(=O)[C@H]([C@H](O)CC#N)NC(=O)C([C@H](O)Cc5ccc(O)c(OSOOO)c5)NC(=O)C5CC(O)CN5C(=O)C(C(C)O)NC4=O)cc3)no2)cc1. The summed E-state index contributed by atoms with van der Waals surface area (Å²) in [5, 5.41) is 116. The molecule has 7 unspecified atom stereocenters. The molecule has 13 atom stereocenters. The summed E-state index contributed by atoms with van der Waals surface area (Å²) >= 11 is 0.0638. The number of nitrogens with one attached hydrogen (secondary N) is 5. The lowest BCUT2D eigenvalue weighted by molar-refractivity contribution is -0.433. The van der Waals surface area contributed by atoms with E-state index < -0.39 is 165 Å². The van der Waals surface area contributed by atoms with Gasteiger partial charge >= 0.3 is 0 Å². The third-order valence-corrected chi connectivity index (χ3v) is 15.0. The number of unbranched alkanes of at least 4 members (excludes halogenated alkanes) is 2. The number of phenols is 1. The van der Waals surface area contributed by atoms with Crippen molar-refractivity contribution in [2.75, 3.05) is 26.2 Å². The van der Waals surface area contributed by atoms with Crippen molar-refractivity contribution >= 4 is 53.7 Å². The standard InChI is InChI=1S/C55H68N10O20S/c1-4-5-6-19-81-35-14-12-32(13-15-35)53-62-47(63-82-53)30-8-10-31(11-9-30)48(73)58-36-22-33(67)24-57-52(77)45-46(72)27(2)25-65(45)55(79)44(39(70)17-18-56)61-51(76)43(40(71)20-29-7-16-38(69)41(21-29)83-86-85-84-80)60-50(75)37-23-34(68)26-64(37)54(78)42(28(3)66)59-49(36)74/h7-16,21,27-28,33-34,36-37,39-40,42-46,66-72,80H,4-6,17,19-20,22-26H2,1-3H3,(H,57,77)(H,58,73)(H,59,74)(H,60,75)(H,61,76)/t27?,28?,33-,34?,36-,37?,39+,40+,42?,43?,44-,45?,46-/m0/s1. The van der Waals surface area contributed by atoms with Gasteiger partial charge in [-0.25, -0.2) is 5.26 Å². The van der Waals surface area contributed by atoms with Crippen LogP contribution in [-0.2, 0) is 44.6 Å². The predicted molar refractivity (Wildman–Crippen MR) is 296 cm³/mol. The molecule has 3 aliphatic rings. The van der Waals surface area contributed by atoms with Gasteiger partial charge in [0.25, 0.3) is 24.1 Å². The number of carbonyl (C=O) groups is 7. The fourth-order valence-corrected chi connectivity index (χ4v) is 10.3. The average molecular weight is 1220 g/mol. The van der Waals surface area contributed by atoms with Gasteiger partial charge in [0.1, 0.15) is 42.0 Å². The fraction of sp³-hybridized carbons (Fsp3) is 0.491. The number of hydrogen-bond acceptors (Lipinski definition) is 24. The molecule has 0 saturated carbocycles.